The van der Waals surface area contributed by atoms with Crippen molar-refractivity contribution in [2.24, 2.45) is 0 Å². The highest BCUT2D eigenvalue weighted by Gasteiger charge is 2.16. The fourth-order valence-corrected chi connectivity index (χ4v) is 4.11. The topological polar surface area (TPSA) is 30.7 Å². The zero-order chi connectivity index (χ0) is 19.6. The van der Waals surface area contributed by atoms with Gasteiger partial charge in [0.2, 0.25) is 5.13 Å². The Morgan fingerprint density at radius 2 is 1.31 bits per heavy atom. The highest BCUT2D eigenvalue weighted by Crippen LogP contribution is 2.31. The van der Waals surface area contributed by atoms with Crippen LogP contribution in [0.4, 0.5) is 0 Å². The summed E-state index contributed by atoms with van der Waals surface area (Å²) >= 11 is 1.61. The first-order valence-corrected chi connectivity index (χ1v) is 10.4. The van der Waals surface area contributed by atoms with Crippen LogP contribution < -0.4 is 0 Å². The summed E-state index contributed by atoms with van der Waals surface area (Å²) in [7, 11) is 0. The number of aryl methyl sites for hydroxylation is 1. The van der Waals surface area contributed by atoms with Crippen molar-refractivity contribution in [3.8, 4) is 38.9 Å². The Balaban J connectivity index is 1.62. The molecular weight excluding hydrogens is 374 g/mol. The van der Waals surface area contributed by atoms with Gasteiger partial charge < -0.3 is 0 Å². The molecular formula is C25H19N3S. The third-order valence-electron chi connectivity index (χ3n) is 4.87. The first-order valence-electron chi connectivity index (χ1n) is 9.52. The molecule has 4 heteroatoms. The van der Waals surface area contributed by atoms with Crippen molar-refractivity contribution in [1.29, 1.82) is 0 Å². The molecule has 0 saturated carbocycles. The molecule has 0 saturated heterocycles. The van der Waals surface area contributed by atoms with Crippen LogP contribution in [0.15, 0.2) is 96.4 Å². The number of hydrogen-bond acceptors (Lipinski definition) is 3. The molecule has 29 heavy (non-hydrogen) atoms. The number of rotatable bonds is 4. The van der Waals surface area contributed by atoms with Gasteiger partial charge in [-0.05, 0) is 13.0 Å². The van der Waals surface area contributed by atoms with Gasteiger partial charge >= 0.3 is 0 Å². The summed E-state index contributed by atoms with van der Waals surface area (Å²) in [6.45, 7) is 2.09. The van der Waals surface area contributed by atoms with E-state index in [2.05, 4.69) is 79.0 Å². The number of nitrogens with zero attached hydrogens (tertiary/aromatic N) is 3. The van der Waals surface area contributed by atoms with Crippen molar-refractivity contribution in [2.45, 2.75) is 6.92 Å². The Bertz CT molecular complexity index is 1240. The van der Waals surface area contributed by atoms with Gasteiger partial charge in [-0.3, -0.25) is 0 Å². The molecule has 0 aliphatic rings. The number of aromatic nitrogens is 3. The molecule has 5 rings (SSSR count). The van der Waals surface area contributed by atoms with Gasteiger partial charge in [-0.15, -0.1) is 11.3 Å². The smallest absolute Gasteiger partial charge is 0.211 e. The zero-order valence-corrected chi connectivity index (χ0v) is 16.8. The molecule has 0 fully saturated rings. The van der Waals surface area contributed by atoms with Crippen LogP contribution in [-0.2, 0) is 0 Å². The molecule has 0 aliphatic carbocycles. The van der Waals surface area contributed by atoms with Crippen molar-refractivity contribution in [3.05, 3.63) is 102 Å². The van der Waals surface area contributed by atoms with E-state index in [1.807, 2.05) is 28.9 Å². The summed E-state index contributed by atoms with van der Waals surface area (Å²) in [5.74, 6) is 0. The first-order chi connectivity index (χ1) is 14.3. The first kappa shape index (κ1) is 17.6. The van der Waals surface area contributed by atoms with E-state index in [4.69, 9.17) is 10.1 Å². The summed E-state index contributed by atoms with van der Waals surface area (Å²) < 4.78 is 1.96. The monoisotopic (exact) mass is 393 g/mol. The molecule has 2 heterocycles. The Hall–Kier alpha value is -3.50. The predicted octanol–water partition coefficient (Wildman–Crippen LogP) is 6.64. The third kappa shape index (κ3) is 3.50. The van der Waals surface area contributed by atoms with Gasteiger partial charge in [0.05, 0.1) is 17.1 Å². The molecule has 0 atom stereocenters. The molecule has 140 valence electrons. The van der Waals surface area contributed by atoms with E-state index < -0.39 is 0 Å². The lowest BCUT2D eigenvalue weighted by Crippen LogP contribution is -1.98. The van der Waals surface area contributed by atoms with E-state index in [0.29, 0.717) is 0 Å². The number of thiazole rings is 1. The quantitative estimate of drug-likeness (QED) is 0.343. The van der Waals surface area contributed by atoms with Crippen molar-refractivity contribution >= 4 is 11.3 Å². The van der Waals surface area contributed by atoms with Crippen LogP contribution >= 0.6 is 11.3 Å². The lowest BCUT2D eigenvalue weighted by Gasteiger charge is -2.04. The van der Waals surface area contributed by atoms with Gasteiger partial charge in [0.1, 0.15) is 0 Å². The molecule has 0 bridgehead atoms. The van der Waals surface area contributed by atoms with E-state index >= 15 is 0 Å². The third-order valence-corrected chi connectivity index (χ3v) is 5.69. The predicted molar refractivity (Wildman–Crippen MR) is 120 cm³/mol. The Morgan fingerprint density at radius 1 is 0.690 bits per heavy atom. The lowest BCUT2D eigenvalue weighted by atomic mass is 10.1. The summed E-state index contributed by atoms with van der Waals surface area (Å²) in [6, 6.07) is 31.2. The van der Waals surface area contributed by atoms with Gasteiger partial charge in [0.25, 0.3) is 0 Å². The summed E-state index contributed by atoms with van der Waals surface area (Å²) in [5, 5.41) is 7.87. The van der Waals surface area contributed by atoms with Crippen molar-refractivity contribution in [2.75, 3.05) is 0 Å². The highest BCUT2D eigenvalue weighted by atomic mass is 32.1. The van der Waals surface area contributed by atoms with Crippen molar-refractivity contribution in [1.82, 2.24) is 14.8 Å². The van der Waals surface area contributed by atoms with Crippen LogP contribution in [0.1, 0.15) is 5.56 Å². The van der Waals surface area contributed by atoms with E-state index in [1.54, 1.807) is 11.3 Å². The Kier molecular flexibility index (Phi) is 4.54. The van der Waals surface area contributed by atoms with Crippen LogP contribution in [0.25, 0.3) is 38.9 Å². The molecule has 0 aliphatic heterocycles. The number of hydrogen-bond donors (Lipinski definition) is 0. The second-order valence-corrected chi connectivity index (χ2v) is 7.78. The summed E-state index contributed by atoms with van der Waals surface area (Å²) in [4.78, 5) is 4.89. The normalized spacial score (nSPS) is 10.9. The summed E-state index contributed by atoms with van der Waals surface area (Å²) in [5.41, 5.74) is 7.53. The fraction of sp³-hybridized carbons (Fsp3) is 0.0400. The SMILES string of the molecule is Cc1ccc(-c2csc(-n3nc(-c4ccccc4)cc3-c3ccccc3)n2)cc1. The summed E-state index contributed by atoms with van der Waals surface area (Å²) in [6.07, 6.45) is 0. The Morgan fingerprint density at radius 3 is 2.00 bits per heavy atom. The largest absolute Gasteiger partial charge is 0.218 e. The molecule has 0 radical (unpaired) electrons. The van der Waals surface area contributed by atoms with Gasteiger partial charge in [-0.2, -0.15) is 5.10 Å². The second-order valence-electron chi connectivity index (χ2n) is 6.94. The minimum atomic E-state index is 0.863. The standard InChI is InChI=1S/C25H19N3S/c1-18-12-14-20(15-13-18)23-17-29-25(26-23)28-24(21-10-6-3-7-11-21)16-22(27-28)19-8-4-2-5-9-19/h2-17H,1H3. The number of benzene rings is 3. The Labute approximate surface area is 173 Å². The second kappa shape index (κ2) is 7.49. The molecule has 5 aromatic rings. The highest BCUT2D eigenvalue weighted by molar-refractivity contribution is 7.12. The molecule has 0 spiro atoms. The maximum atomic E-state index is 4.91. The molecule has 3 nitrogen and oxygen atoms in total. The molecule has 0 amide bonds. The van der Waals surface area contributed by atoms with Gasteiger partial charge in [-0.25, -0.2) is 9.67 Å². The lowest BCUT2D eigenvalue weighted by molar-refractivity contribution is 0.881. The van der Waals surface area contributed by atoms with Crippen molar-refractivity contribution < 1.29 is 0 Å². The van der Waals surface area contributed by atoms with E-state index in [1.165, 1.54) is 5.56 Å². The minimum Gasteiger partial charge on any atom is -0.218 e. The average Bonchev–Trinajstić information content (AvgIpc) is 3.43. The maximum Gasteiger partial charge on any atom is 0.211 e. The molecule has 0 N–H and O–H groups in total. The zero-order valence-electron chi connectivity index (χ0n) is 16.0. The maximum absolute atomic E-state index is 4.91. The molecule has 2 aromatic heterocycles. The molecule has 0 unspecified atom stereocenters. The van der Waals surface area contributed by atoms with E-state index in [9.17, 15) is 0 Å². The van der Waals surface area contributed by atoms with E-state index in [-0.39, 0.29) is 0 Å². The van der Waals surface area contributed by atoms with Crippen LogP contribution in [0.5, 0.6) is 0 Å². The fourth-order valence-electron chi connectivity index (χ4n) is 3.31. The minimum absolute atomic E-state index is 0.863. The van der Waals surface area contributed by atoms with Gasteiger partial charge in [0.15, 0.2) is 0 Å². The van der Waals surface area contributed by atoms with Gasteiger partial charge in [0, 0.05) is 22.1 Å². The van der Waals surface area contributed by atoms with Crippen LogP contribution in [0.3, 0.4) is 0 Å². The van der Waals surface area contributed by atoms with Crippen molar-refractivity contribution in [3.63, 3.8) is 0 Å². The van der Waals surface area contributed by atoms with Gasteiger partial charge in [-0.1, -0.05) is 90.5 Å². The van der Waals surface area contributed by atoms with Crippen LogP contribution in [0, 0.1) is 6.92 Å². The van der Waals surface area contributed by atoms with E-state index in [0.717, 1.165) is 38.9 Å². The average molecular weight is 394 g/mol. The molecule has 3 aromatic carbocycles. The van der Waals surface area contributed by atoms with Crippen LogP contribution in [0.2, 0.25) is 0 Å². The van der Waals surface area contributed by atoms with Crippen LogP contribution in [-0.4, -0.2) is 14.8 Å².